The van der Waals surface area contributed by atoms with Crippen molar-refractivity contribution in [2.75, 3.05) is 20.2 Å². The molecule has 0 spiro atoms. The van der Waals surface area contributed by atoms with Crippen LogP contribution in [0.15, 0.2) is 70.8 Å². The number of hydrogen-bond donors (Lipinski definition) is 2. The van der Waals surface area contributed by atoms with Crippen molar-refractivity contribution in [3.05, 3.63) is 99.3 Å². The van der Waals surface area contributed by atoms with Crippen molar-refractivity contribution in [3.63, 3.8) is 0 Å². The van der Waals surface area contributed by atoms with Crippen molar-refractivity contribution < 1.29 is 26.7 Å². The molecular formula is C31H31Cl2F2N5O4S2. The van der Waals surface area contributed by atoms with Crippen molar-refractivity contribution in [1.82, 2.24) is 24.7 Å². The topological polar surface area (TPSA) is 106 Å². The number of methoxy groups -OCH3 is 1. The lowest BCUT2D eigenvalue weighted by Crippen LogP contribution is -2.47. The van der Waals surface area contributed by atoms with Crippen molar-refractivity contribution in [2.24, 2.45) is 0 Å². The zero-order valence-electron chi connectivity index (χ0n) is 25.1. The van der Waals surface area contributed by atoms with Crippen LogP contribution in [0, 0.1) is 11.6 Å². The Bertz CT molecular complexity index is 1880. The predicted molar refractivity (Wildman–Crippen MR) is 174 cm³/mol. The van der Waals surface area contributed by atoms with Gasteiger partial charge in [-0.2, -0.15) is 0 Å². The quantitative estimate of drug-likeness (QED) is 0.170. The van der Waals surface area contributed by atoms with Crippen LogP contribution >= 0.6 is 35.0 Å². The van der Waals surface area contributed by atoms with E-state index in [0.29, 0.717) is 40.3 Å². The van der Waals surface area contributed by atoms with Gasteiger partial charge in [0.05, 0.1) is 34.6 Å². The van der Waals surface area contributed by atoms with E-state index in [1.165, 1.54) is 43.1 Å². The summed E-state index contributed by atoms with van der Waals surface area (Å²) in [4.78, 5) is 16.7. The molecule has 0 saturated carbocycles. The molecule has 1 fully saturated rings. The SMILES string of the molecule is COc1cc(C(C)(C)c2cnc(SCc3ccc(S(=O)(=O)NC(=O)NN4CCCC4)cc3Cl)n2-c2ccc(F)cc2F)ccc1Cl. The van der Waals surface area contributed by atoms with Crippen LogP contribution in [0.3, 0.4) is 0 Å². The van der Waals surface area contributed by atoms with Gasteiger partial charge < -0.3 is 4.74 Å². The highest BCUT2D eigenvalue weighted by atomic mass is 35.5. The fraction of sp³-hybridized carbons (Fsp3) is 0.290. The van der Waals surface area contributed by atoms with Crippen LogP contribution in [0.1, 0.15) is 43.5 Å². The average molecular weight is 711 g/mol. The van der Waals surface area contributed by atoms with E-state index >= 15 is 4.39 Å². The number of carbonyl (C=O) groups excluding carboxylic acids is 1. The second-order valence-corrected chi connectivity index (χ2v) is 14.6. The predicted octanol–water partition coefficient (Wildman–Crippen LogP) is 7.08. The molecule has 0 radical (unpaired) electrons. The largest absolute Gasteiger partial charge is 0.495 e. The molecule has 1 aromatic heterocycles. The Morgan fingerprint density at radius 3 is 2.46 bits per heavy atom. The van der Waals surface area contributed by atoms with Crippen LogP contribution < -0.4 is 14.9 Å². The summed E-state index contributed by atoms with van der Waals surface area (Å²) in [6.45, 7) is 5.17. The first-order chi connectivity index (χ1) is 21.8. The Balaban J connectivity index is 1.42. The Morgan fingerprint density at radius 1 is 1.04 bits per heavy atom. The van der Waals surface area contributed by atoms with Gasteiger partial charge in [0, 0.05) is 35.3 Å². The fourth-order valence-corrected chi connectivity index (χ4v) is 7.60. The summed E-state index contributed by atoms with van der Waals surface area (Å²) < 4.78 is 63.9. The van der Waals surface area contributed by atoms with E-state index in [1.807, 2.05) is 24.6 Å². The summed E-state index contributed by atoms with van der Waals surface area (Å²) >= 11 is 14.0. The normalized spacial score (nSPS) is 14.0. The van der Waals surface area contributed by atoms with Crippen LogP contribution in [-0.4, -0.2) is 49.2 Å². The molecule has 4 aromatic rings. The third kappa shape index (κ3) is 7.28. The summed E-state index contributed by atoms with van der Waals surface area (Å²) in [6.07, 6.45) is 3.46. The number of aromatic nitrogens is 2. The number of rotatable bonds is 10. The maximum Gasteiger partial charge on any atom is 0.343 e. The average Bonchev–Trinajstić information content (AvgIpc) is 3.67. The van der Waals surface area contributed by atoms with Gasteiger partial charge >= 0.3 is 6.03 Å². The zero-order chi connectivity index (χ0) is 33.2. The summed E-state index contributed by atoms with van der Waals surface area (Å²) in [5.41, 5.74) is 3.87. The molecule has 0 aliphatic carbocycles. The second-order valence-electron chi connectivity index (χ2n) is 11.1. The molecule has 2 amide bonds. The molecule has 3 aromatic carbocycles. The molecule has 0 unspecified atom stereocenters. The number of nitrogens with zero attached hydrogens (tertiary/aromatic N) is 3. The van der Waals surface area contributed by atoms with E-state index < -0.39 is 33.1 Å². The maximum absolute atomic E-state index is 15.3. The van der Waals surface area contributed by atoms with Gasteiger partial charge in [0.2, 0.25) is 0 Å². The van der Waals surface area contributed by atoms with E-state index in [1.54, 1.807) is 34.0 Å². The molecular weight excluding hydrogens is 679 g/mol. The number of nitrogens with one attached hydrogen (secondary N) is 2. The first-order valence-corrected chi connectivity index (χ1v) is 17.4. The smallest absolute Gasteiger partial charge is 0.343 e. The molecule has 5 rings (SSSR count). The molecule has 0 bridgehead atoms. The molecule has 9 nitrogen and oxygen atoms in total. The van der Waals surface area contributed by atoms with E-state index in [4.69, 9.17) is 27.9 Å². The summed E-state index contributed by atoms with van der Waals surface area (Å²) in [7, 11) is -2.68. The minimum atomic E-state index is -4.19. The molecule has 0 atom stereocenters. The highest BCUT2D eigenvalue weighted by molar-refractivity contribution is 7.98. The van der Waals surface area contributed by atoms with Gasteiger partial charge in [0.25, 0.3) is 10.0 Å². The van der Waals surface area contributed by atoms with Crippen molar-refractivity contribution in [1.29, 1.82) is 0 Å². The highest BCUT2D eigenvalue weighted by Gasteiger charge is 2.31. The van der Waals surface area contributed by atoms with Gasteiger partial charge in [-0.15, -0.1) is 0 Å². The van der Waals surface area contributed by atoms with Crippen molar-refractivity contribution in [2.45, 2.75) is 47.9 Å². The molecule has 2 heterocycles. The van der Waals surface area contributed by atoms with Gasteiger partial charge in [0.1, 0.15) is 17.4 Å². The van der Waals surface area contributed by atoms with Crippen molar-refractivity contribution in [3.8, 4) is 11.4 Å². The van der Waals surface area contributed by atoms with E-state index in [-0.39, 0.29) is 21.4 Å². The number of hydrazine groups is 1. The lowest BCUT2D eigenvalue weighted by Gasteiger charge is -2.28. The van der Waals surface area contributed by atoms with Crippen LogP contribution in [0.4, 0.5) is 13.6 Å². The Hall–Kier alpha value is -3.36. The van der Waals surface area contributed by atoms with Crippen LogP contribution in [0.25, 0.3) is 5.69 Å². The molecule has 244 valence electrons. The first-order valence-electron chi connectivity index (χ1n) is 14.2. The number of urea groups is 1. The van der Waals surface area contributed by atoms with Gasteiger partial charge in [-0.05, 0) is 60.4 Å². The number of thioether (sulfide) groups is 1. The second kappa shape index (κ2) is 13.8. The number of carbonyl (C=O) groups is 1. The number of ether oxygens (including phenoxy) is 1. The Kier molecular flexibility index (Phi) is 10.2. The van der Waals surface area contributed by atoms with Crippen molar-refractivity contribution >= 4 is 51.0 Å². The number of amides is 2. The summed E-state index contributed by atoms with van der Waals surface area (Å²) in [5, 5.41) is 2.63. The number of hydrogen-bond acceptors (Lipinski definition) is 7. The third-order valence-corrected chi connectivity index (χ3v) is 10.7. The van der Waals surface area contributed by atoms with Gasteiger partial charge in [-0.1, -0.05) is 60.9 Å². The molecule has 1 aliphatic rings. The lowest BCUT2D eigenvalue weighted by atomic mass is 9.81. The van der Waals surface area contributed by atoms with E-state index in [0.717, 1.165) is 24.5 Å². The zero-order valence-corrected chi connectivity index (χ0v) is 28.3. The molecule has 2 N–H and O–H groups in total. The van der Waals surface area contributed by atoms with Crippen LogP contribution in [0.5, 0.6) is 5.75 Å². The number of sulfonamides is 1. The number of halogens is 4. The minimum absolute atomic E-state index is 0.0937. The lowest BCUT2D eigenvalue weighted by molar-refractivity contribution is 0.202. The monoisotopic (exact) mass is 709 g/mol. The number of benzene rings is 3. The molecule has 1 aliphatic heterocycles. The van der Waals surface area contributed by atoms with Gasteiger partial charge in [-0.3, -0.25) is 9.99 Å². The summed E-state index contributed by atoms with van der Waals surface area (Å²) in [6, 6.07) is 12.0. The first kappa shape index (κ1) is 34.0. The molecule has 46 heavy (non-hydrogen) atoms. The maximum atomic E-state index is 15.3. The van der Waals surface area contributed by atoms with Crippen LogP contribution in [-0.2, 0) is 21.2 Å². The Morgan fingerprint density at radius 2 is 1.78 bits per heavy atom. The molecule has 1 saturated heterocycles. The minimum Gasteiger partial charge on any atom is -0.495 e. The third-order valence-electron chi connectivity index (χ3n) is 7.68. The van der Waals surface area contributed by atoms with E-state index in [9.17, 15) is 17.6 Å². The summed E-state index contributed by atoms with van der Waals surface area (Å²) in [5.74, 6) is -0.789. The standard InChI is InChI=1S/C31H31Cl2F2N5O4S2/c1-31(2,20-7-10-23(32)27(14-20)44-3)28-17-36-30(40(28)26-11-8-21(34)15-25(26)35)45-18-19-6-9-22(16-24(19)33)46(42,43)38-29(41)37-39-12-4-5-13-39/h6-11,14-17H,4-5,12-13,18H2,1-3H3,(H2,37,38,41). The van der Waals surface area contributed by atoms with Gasteiger partial charge in [-0.25, -0.2) is 36.7 Å². The number of imidazole rings is 1. The van der Waals surface area contributed by atoms with E-state index in [2.05, 4.69) is 10.4 Å². The van der Waals surface area contributed by atoms with Gasteiger partial charge in [0.15, 0.2) is 5.16 Å². The molecule has 15 heteroatoms. The fourth-order valence-electron chi connectivity index (χ4n) is 5.10. The highest BCUT2D eigenvalue weighted by Crippen LogP contribution is 2.40. The van der Waals surface area contributed by atoms with Crippen LogP contribution in [0.2, 0.25) is 10.0 Å². The Labute approximate surface area is 280 Å².